The highest BCUT2D eigenvalue weighted by Crippen LogP contribution is 2.42. The van der Waals surface area contributed by atoms with Crippen molar-refractivity contribution in [2.45, 2.75) is 31.6 Å². The molecule has 0 unspecified atom stereocenters. The zero-order chi connectivity index (χ0) is 11.2. The Labute approximate surface area is 95.3 Å². The van der Waals surface area contributed by atoms with E-state index in [-0.39, 0.29) is 5.41 Å². The predicted molar refractivity (Wildman–Crippen MR) is 64.5 cm³/mol. The van der Waals surface area contributed by atoms with Gasteiger partial charge in [0.1, 0.15) is 5.82 Å². The lowest BCUT2D eigenvalue weighted by Crippen LogP contribution is -2.43. The van der Waals surface area contributed by atoms with Crippen molar-refractivity contribution in [2.75, 3.05) is 6.54 Å². The molecule has 0 radical (unpaired) electrons. The second kappa shape index (κ2) is 3.32. The van der Waals surface area contributed by atoms with Gasteiger partial charge >= 0.3 is 0 Å². The number of rotatable bonds is 2. The van der Waals surface area contributed by atoms with Gasteiger partial charge in [0.2, 0.25) is 0 Å². The molecule has 3 heteroatoms. The second-order valence-electron chi connectivity index (χ2n) is 4.92. The monoisotopic (exact) mass is 215 g/mol. The smallest absolute Gasteiger partial charge is 0.120 e. The van der Waals surface area contributed by atoms with E-state index >= 15 is 0 Å². The van der Waals surface area contributed by atoms with Crippen LogP contribution in [0.25, 0.3) is 5.52 Å². The fourth-order valence-electron chi connectivity index (χ4n) is 2.61. The molecule has 84 valence electrons. The summed E-state index contributed by atoms with van der Waals surface area (Å²) in [4.78, 5) is 4.58. The summed E-state index contributed by atoms with van der Waals surface area (Å²) in [7, 11) is 0. The van der Waals surface area contributed by atoms with E-state index in [1.54, 1.807) is 0 Å². The number of aryl methyl sites for hydroxylation is 1. The summed E-state index contributed by atoms with van der Waals surface area (Å²) in [6.07, 6.45) is 7.74. The molecule has 0 spiro atoms. The topological polar surface area (TPSA) is 43.3 Å². The van der Waals surface area contributed by atoms with E-state index in [2.05, 4.69) is 34.6 Å². The van der Waals surface area contributed by atoms with Gasteiger partial charge in [0.25, 0.3) is 0 Å². The van der Waals surface area contributed by atoms with E-state index < -0.39 is 0 Å². The van der Waals surface area contributed by atoms with Crippen LogP contribution in [0.4, 0.5) is 0 Å². The van der Waals surface area contributed by atoms with Crippen LogP contribution in [0.1, 0.15) is 30.7 Å². The number of fused-ring (bicyclic) bond motifs is 1. The SMILES string of the molecule is Cc1ccc2cnc(C3(CN)CCC3)n2c1. The Morgan fingerprint density at radius 2 is 2.25 bits per heavy atom. The van der Waals surface area contributed by atoms with E-state index in [0.29, 0.717) is 6.54 Å². The molecule has 16 heavy (non-hydrogen) atoms. The summed E-state index contributed by atoms with van der Waals surface area (Å²) < 4.78 is 2.21. The van der Waals surface area contributed by atoms with Crippen molar-refractivity contribution in [1.29, 1.82) is 0 Å². The third-order valence-corrected chi connectivity index (χ3v) is 3.85. The van der Waals surface area contributed by atoms with Gasteiger partial charge in [-0.3, -0.25) is 0 Å². The molecule has 0 aliphatic heterocycles. The van der Waals surface area contributed by atoms with Gasteiger partial charge in [-0.1, -0.05) is 12.5 Å². The molecule has 1 aliphatic carbocycles. The van der Waals surface area contributed by atoms with Crippen molar-refractivity contribution >= 4 is 5.52 Å². The van der Waals surface area contributed by atoms with Crippen molar-refractivity contribution in [3.63, 3.8) is 0 Å². The van der Waals surface area contributed by atoms with E-state index in [9.17, 15) is 0 Å². The summed E-state index contributed by atoms with van der Waals surface area (Å²) in [6.45, 7) is 2.82. The first-order valence-corrected chi connectivity index (χ1v) is 5.89. The van der Waals surface area contributed by atoms with Crippen LogP contribution in [0, 0.1) is 6.92 Å². The Bertz CT molecular complexity index is 517. The summed E-state index contributed by atoms with van der Waals surface area (Å²) in [5, 5.41) is 0. The zero-order valence-electron chi connectivity index (χ0n) is 9.61. The van der Waals surface area contributed by atoms with Crippen molar-refractivity contribution < 1.29 is 0 Å². The molecule has 1 fully saturated rings. The average molecular weight is 215 g/mol. The van der Waals surface area contributed by atoms with Gasteiger partial charge in [0.15, 0.2) is 0 Å². The van der Waals surface area contributed by atoms with Gasteiger partial charge in [-0.15, -0.1) is 0 Å². The number of nitrogens with zero attached hydrogens (tertiary/aromatic N) is 2. The molecule has 0 atom stereocenters. The molecular formula is C13H17N3. The molecule has 0 bridgehead atoms. The van der Waals surface area contributed by atoms with Gasteiger partial charge < -0.3 is 10.1 Å². The number of hydrogen-bond acceptors (Lipinski definition) is 2. The van der Waals surface area contributed by atoms with Crippen LogP contribution in [0.2, 0.25) is 0 Å². The highest BCUT2D eigenvalue weighted by Gasteiger charge is 2.40. The Morgan fingerprint density at radius 3 is 2.88 bits per heavy atom. The Hall–Kier alpha value is -1.35. The molecule has 2 N–H and O–H groups in total. The number of hydrogen-bond donors (Lipinski definition) is 1. The molecule has 0 saturated heterocycles. The van der Waals surface area contributed by atoms with Gasteiger partial charge in [-0.25, -0.2) is 4.98 Å². The summed E-state index contributed by atoms with van der Waals surface area (Å²) in [5.41, 5.74) is 8.50. The fraction of sp³-hybridized carbons (Fsp3) is 0.462. The molecule has 0 amide bonds. The molecule has 2 aromatic heterocycles. The average Bonchev–Trinajstić information content (AvgIpc) is 2.61. The standard InChI is InChI=1S/C13H17N3/c1-10-3-4-11-7-15-12(16(11)8-10)13(9-14)5-2-6-13/h3-4,7-8H,2,5-6,9,14H2,1H3. The predicted octanol–water partition coefficient (Wildman–Crippen LogP) is 2.02. The highest BCUT2D eigenvalue weighted by molar-refractivity contribution is 5.48. The van der Waals surface area contributed by atoms with E-state index in [1.165, 1.54) is 30.3 Å². The van der Waals surface area contributed by atoms with E-state index in [0.717, 1.165) is 5.82 Å². The van der Waals surface area contributed by atoms with Crippen molar-refractivity contribution in [3.8, 4) is 0 Å². The van der Waals surface area contributed by atoms with Crippen LogP contribution in [0.15, 0.2) is 24.5 Å². The number of pyridine rings is 1. The van der Waals surface area contributed by atoms with Crippen LogP contribution in [0.3, 0.4) is 0 Å². The van der Waals surface area contributed by atoms with Crippen molar-refractivity contribution in [2.24, 2.45) is 5.73 Å². The first-order chi connectivity index (χ1) is 7.75. The lowest BCUT2D eigenvalue weighted by atomic mass is 9.68. The summed E-state index contributed by atoms with van der Waals surface area (Å²) in [6, 6.07) is 4.24. The maximum absolute atomic E-state index is 5.94. The second-order valence-corrected chi connectivity index (χ2v) is 4.92. The van der Waals surface area contributed by atoms with Crippen LogP contribution in [0.5, 0.6) is 0 Å². The van der Waals surface area contributed by atoms with Gasteiger partial charge in [0.05, 0.1) is 11.7 Å². The zero-order valence-corrected chi connectivity index (χ0v) is 9.61. The van der Waals surface area contributed by atoms with Crippen LogP contribution >= 0.6 is 0 Å². The lowest BCUT2D eigenvalue weighted by Gasteiger charge is -2.39. The minimum atomic E-state index is 0.139. The third-order valence-electron chi connectivity index (χ3n) is 3.85. The molecular weight excluding hydrogens is 198 g/mol. The molecule has 2 heterocycles. The quantitative estimate of drug-likeness (QED) is 0.833. The number of aromatic nitrogens is 2. The Balaban J connectivity index is 2.19. The molecule has 3 rings (SSSR count). The summed E-state index contributed by atoms with van der Waals surface area (Å²) in [5.74, 6) is 1.15. The van der Waals surface area contributed by atoms with Crippen molar-refractivity contribution in [3.05, 3.63) is 35.9 Å². The van der Waals surface area contributed by atoms with Crippen molar-refractivity contribution in [1.82, 2.24) is 9.38 Å². The van der Waals surface area contributed by atoms with Crippen LogP contribution in [-0.4, -0.2) is 15.9 Å². The minimum absolute atomic E-state index is 0.139. The van der Waals surface area contributed by atoms with Crippen LogP contribution in [-0.2, 0) is 5.41 Å². The minimum Gasteiger partial charge on any atom is -0.329 e. The third kappa shape index (κ3) is 1.21. The Kier molecular flexibility index (Phi) is 2.04. The largest absolute Gasteiger partial charge is 0.329 e. The normalized spacial score (nSPS) is 18.6. The van der Waals surface area contributed by atoms with E-state index in [1.807, 2.05) is 6.20 Å². The van der Waals surface area contributed by atoms with Gasteiger partial charge in [0, 0.05) is 18.2 Å². The maximum Gasteiger partial charge on any atom is 0.120 e. The molecule has 2 aromatic rings. The van der Waals surface area contributed by atoms with Gasteiger partial charge in [-0.05, 0) is 31.4 Å². The molecule has 0 aromatic carbocycles. The first kappa shape index (κ1) is 9.85. The molecule has 1 aliphatic rings. The number of nitrogens with two attached hydrogens (primary N) is 1. The fourth-order valence-corrected chi connectivity index (χ4v) is 2.61. The highest BCUT2D eigenvalue weighted by atomic mass is 15.0. The Morgan fingerprint density at radius 1 is 1.44 bits per heavy atom. The summed E-state index contributed by atoms with van der Waals surface area (Å²) >= 11 is 0. The van der Waals surface area contributed by atoms with Gasteiger partial charge in [-0.2, -0.15) is 0 Å². The molecule has 3 nitrogen and oxygen atoms in total. The van der Waals surface area contributed by atoms with E-state index in [4.69, 9.17) is 5.73 Å². The maximum atomic E-state index is 5.94. The first-order valence-electron chi connectivity index (χ1n) is 5.89. The molecule has 1 saturated carbocycles. The lowest BCUT2D eigenvalue weighted by molar-refractivity contribution is 0.237. The van der Waals surface area contributed by atoms with Crippen LogP contribution < -0.4 is 5.73 Å². The number of imidazole rings is 1.